The van der Waals surface area contributed by atoms with Crippen molar-refractivity contribution in [1.82, 2.24) is 9.97 Å². The number of halogens is 3. The van der Waals surface area contributed by atoms with E-state index in [1.165, 1.54) is 12.3 Å². The Bertz CT molecular complexity index is 1120. The third-order valence-electron chi connectivity index (χ3n) is 7.67. The van der Waals surface area contributed by atoms with Crippen LogP contribution in [-0.2, 0) is 21.3 Å². The van der Waals surface area contributed by atoms with E-state index < -0.39 is 41.2 Å². The van der Waals surface area contributed by atoms with E-state index >= 15 is 0 Å². The topological polar surface area (TPSA) is 84.7 Å². The van der Waals surface area contributed by atoms with Crippen LogP contribution < -0.4 is 0 Å². The summed E-state index contributed by atoms with van der Waals surface area (Å²) in [6, 6.07) is 2.37. The first-order chi connectivity index (χ1) is 16.4. The minimum atomic E-state index is -4.54. The van der Waals surface area contributed by atoms with Crippen LogP contribution in [0.15, 0.2) is 18.3 Å². The molecule has 1 unspecified atom stereocenters. The summed E-state index contributed by atoms with van der Waals surface area (Å²) >= 11 is 0. The van der Waals surface area contributed by atoms with Gasteiger partial charge < -0.3 is 19.7 Å². The van der Waals surface area contributed by atoms with Gasteiger partial charge in [0.15, 0.2) is 0 Å². The lowest BCUT2D eigenvalue weighted by molar-refractivity contribution is -0.141. The van der Waals surface area contributed by atoms with Crippen molar-refractivity contribution in [3.8, 4) is 0 Å². The molecule has 0 bridgehead atoms. The van der Waals surface area contributed by atoms with Crippen molar-refractivity contribution in [2.45, 2.75) is 83.0 Å². The molecule has 2 N–H and O–H groups in total. The van der Waals surface area contributed by atoms with Crippen LogP contribution in [0.2, 0.25) is 0 Å². The monoisotopic (exact) mass is 492 g/mol. The number of hydrogen-bond acceptors (Lipinski definition) is 6. The summed E-state index contributed by atoms with van der Waals surface area (Å²) in [4.78, 5) is 8.57. The Balaban J connectivity index is 1.76. The Morgan fingerprint density at radius 3 is 2.34 bits per heavy atom. The lowest BCUT2D eigenvalue weighted by Gasteiger charge is -2.42. The zero-order valence-electron chi connectivity index (χ0n) is 20.3. The normalized spacial score (nSPS) is 27.2. The van der Waals surface area contributed by atoms with Gasteiger partial charge in [0.25, 0.3) is 0 Å². The number of alkyl halides is 3. The van der Waals surface area contributed by atoms with E-state index in [1.807, 2.05) is 27.7 Å². The second-order valence-electron chi connectivity index (χ2n) is 10.9. The minimum absolute atomic E-state index is 0.0491. The Labute approximate surface area is 202 Å². The molecule has 2 aliphatic heterocycles. The highest BCUT2D eigenvalue weighted by atomic mass is 19.4. The lowest BCUT2D eigenvalue weighted by atomic mass is 9.68. The van der Waals surface area contributed by atoms with Gasteiger partial charge in [-0.3, -0.25) is 9.97 Å². The molecule has 0 saturated carbocycles. The van der Waals surface area contributed by atoms with E-state index in [0.29, 0.717) is 49.3 Å². The molecule has 0 amide bonds. The van der Waals surface area contributed by atoms with Gasteiger partial charge in [-0.05, 0) is 29.4 Å². The summed E-state index contributed by atoms with van der Waals surface area (Å²) in [5.41, 5.74) is 1.55. The van der Waals surface area contributed by atoms with Crippen molar-refractivity contribution in [3.63, 3.8) is 0 Å². The summed E-state index contributed by atoms with van der Waals surface area (Å²) in [5, 5.41) is 22.6. The van der Waals surface area contributed by atoms with Crippen molar-refractivity contribution in [3.05, 3.63) is 57.7 Å². The van der Waals surface area contributed by atoms with Gasteiger partial charge in [0.2, 0.25) is 0 Å². The number of aliphatic hydroxyl groups is 2. The van der Waals surface area contributed by atoms with E-state index in [4.69, 9.17) is 14.5 Å². The number of aliphatic hydroxyl groups excluding tert-OH is 2. The fraction of sp³-hybridized carbons (Fsp3) is 0.615. The van der Waals surface area contributed by atoms with Crippen LogP contribution in [0, 0.1) is 5.41 Å². The third-order valence-corrected chi connectivity index (χ3v) is 7.67. The highest BCUT2D eigenvalue weighted by Gasteiger charge is 2.53. The fourth-order valence-corrected chi connectivity index (χ4v) is 5.85. The number of ether oxygens (including phenoxy) is 2. The van der Waals surface area contributed by atoms with Crippen LogP contribution in [0.1, 0.15) is 111 Å². The molecule has 9 heteroatoms. The van der Waals surface area contributed by atoms with Crippen molar-refractivity contribution in [2.24, 2.45) is 5.41 Å². The second kappa shape index (κ2) is 8.23. The zero-order chi connectivity index (χ0) is 25.3. The van der Waals surface area contributed by atoms with Gasteiger partial charge in [-0.25, -0.2) is 0 Å². The molecule has 3 aliphatic rings. The maximum Gasteiger partial charge on any atom is 0.433 e. The molecule has 6 nitrogen and oxygen atoms in total. The number of fused-ring (bicyclic) bond motifs is 4. The van der Waals surface area contributed by atoms with Gasteiger partial charge in [0.1, 0.15) is 17.9 Å². The number of nitrogens with zero attached hydrogens (tertiary/aromatic N) is 2. The highest BCUT2D eigenvalue weighted by molar-refractivity contribution is 5.54. The molecule has 2 aromatic heterocycles. The third kappa shape index (κ3) is 3.87. The molecule has 4 heterocycles. The van der Waals surface area contributed by atoms with Gasteiger partial charge in [-0.2, -0.15) is 13.2 Å². The molecule has 0 radical (unpaired) electrons. The minimum Gasteiger partial charge on any atom is -0.388 e. The van der Waals surface area contributed by atoms with E-state index in [9.17, 15) is 23.4 Å². The first-order valence-electron chi connectivity index (χ1n) is 12.1. The molecule has 1 spiro atoms. The molecule has 5 rings (SSSR count). The van der Waals surface area contributed by atoms with Crippen molar-refractivity contribution < 1.29 is 32.9 Å². The Kier molecular flexibility index (Phi) is 5.79. The average molecular weight is 493 g/mol. The van der Waals surface area contributed by atoms with E-state index in [2.05, 4.69) is 4.98 Å². The van der Waals surface area contributed by atoms with Crippen molar-refractivity contribution in [1.29, 1.82) is 0 Å². The summed E-state index contributed by atoms with van der Waals surface area (Å²) in [6.07, 6.45) is -4.30. The largest absolute Gasteiger partial charge is 0.433 e. The predicted octanol–water partition coefficient (Wildman–Crippen LogP) is 5.24. The number of rotatable bonds is 2. The second-order valence-corrected chi connectivity index (χ2v) is 10.9. The lowest BCUT2D eigenvalue weighted by Crippen LogP contribution is -2.38. The molecule has 3 atom stereocenters. The molecule has 0 aromatic carbocycles. The maximum absolute atomic E-state index is 13.2. The van der Waals surface area contributed by atoms with E-state index in [1.54, 1.807) is 0 Å². The molecule has 1 saturated heterocycles. The van der Waals surface area contributed by atoms with Crippen LogP contribution >= 0.6 is 0 Å². The molecule has 1 fully saturated rings. The molecule has 190 valence electrons. The standard InChI is InChI=1S/C26H31F3N2O4/c1-13(2)20-18-19(17-15(32)11-24(3,4)23(33)21(17)31-20)25(7-9-34-10-8-25)35-22(18)14-5-6-16(30-12-14)26(27,28)29/h5-6,12-13,15,22-23,32-33H,7-11H2,1-4H3/t15?,22-,23+/m1/s1. The predicted molar refractivity (Wildman–Crippen MR) is 121 cm³/mol. The Morgan fingerprint density at radius 2 is 1.77 bits per heavy atom. The summed E-state index contributed by atoms with van der Waals surface area (Å²) in [7, 11) is 0. The van der Waals surface area contributed by atoms with E-state index in [0.717, 1.165) is 22.9 Å². The van der Waals surface area contributed by atoms with Crippen LogP contribution in [0.4, 0.5) is 13.2 Å². The molecular weight excluding hydrogens is 461 g/mol. The van der Waals surface area contributed by atoms with Gasteiger partial charge in [0.05, 0.1) is 17.4 Å². The number of aromatic nitrogens is 2. The zero-order valence-corrected chi connectivity index (χ0v) is 20.3. The van der Waals surface area contributed by atoms with Crippen LogP contribution in [0.25, 0.3) is 0 Å². The fourth-order valence-electron chi connectivity index (χ4n) is 5.85. The van der Waals surface area contributed by atoms with Crippen LogP contribution in [0.3, 0.4) is 0 Å². The van der Waals surface area contributed by atoms with Crippen LogP contribution in [0.5, 0.6) is 0 Å². The Hall–Kier alpha value is -2.07. The number of pyridine rings is 2. The summed E-state index contributed by atoms with van der Waals surface area (Å²) < 4.78 is 51.8. The molecule has 2 aromatic rings. The maximum atomic E-state index is 13.2. The summed E-state index contributed by atoms with van der Waals surface area (Å²) in [6.45, 7) is 8.70. The van der Waals surface area contributed by atoms with Gasteiger partial charge >= 0.3 is 6.18 Å². The number of hydrogen-bond donors (Lipinski definition) is 2. The van der Waals surface area contributed by atoms with Gasteiger partial charge in [0, 0.05) is 54.6 Å². The summed E-state index contributed by atoms with van der Waals surface area (Å²) in [5.74, 6) is -0.0491. The van der Waals surface area contributed by atoms with Gasteiger partial charge in [-0.15, -0.1) is 0 Å². The van der Waals surface area contributed by atoms with Crippen molar-refractivity contribution >= 4 is 0 Å². The first kappa shape index (κ1) is 24.6. The Morgan fingerprint density at radius 1 is 1.09 bits per heavy atom. The molecular formula is C26H31F3N2O4. The van der Waals surface area contributed by atoms with E-state index in [-0.39, 0.29) is 5.92 Å². The average Bonchev–Trinajstić information content (AvgIpc) is 3.10. The van der Waals surface area contributed by atoms with Gasteiger partial charge in [-0.1, -0.05) is 33.8 Å². The van der Waals surface area contributed by atoms with Crippen LogP contribution in [-0.4, -0.2) is 33.4 Å². The smallest absolute Gasteiger partial charge is 0.388 e. The molecule has 35 heavy (non-hydrogen) atoms. The highest BCUT2D eigenvalue weighted by Crippen LogP contribution is 2.59. The molecule has 1 aliphatic carbocycles. The van der Waals surface area contributed by atoms with Crippen molar-refractivity contribution in [2.75, 3.05) is 13.2 Å². The first-order valence-corrected chi connectivity index (χ1v) is 12.1. The SMILES string of the molecule is CC(C)c1nc2c(c3c1[C@@H](c1ccc(C(F)(F)F)nc1)OC31CCOCC1)C(O)CC(C)(C)[C@H]2O. The quantitative estimate of drug-likeness (QED) is 0.597.